The third-order valence-electron chi connectivity index (χ3n) is 5.16. The summed E-state index contributed by atoms with van der Waals surface area (Å²) in [4.78, 5) is 6.82. The molecule has 3 nitrogen and oxygen atoms in total. The van der Waals surface area contributed by atoms with Crippen LogP contribution in [0, 0.1) is 5.92 Å². The van der Waals surface area contributed by atoms with E-state index >= 15 is 0 Å². The molecule has 21 heavy (non-hydrogen) atoms. The fraction of sp³-hybridized carbons (Fsp3) is 0.588. The maximum atomic E-state index is 6.22. The highest BCUT2D eigenvalue weighted by Crippen LogP contribution is 2.41. The lowest BCUT2D eigenvalue weighted by molar-refractivity contribution is 0.384. The van der Waals surface area contributed by atoms with E-state index in [0.29, 0.717) is 5.96 Å². The average Bonchev–Trinajstić information content (AvgIpc) is 2.67. The monoisotopic (exact) mass is 305 g/mol. The molecule has 1 aromatic carbocycles. The van der Waals surface area contributed by atoms with Crippen molar-refractivity contribution in [2.24, 2.45) is 16.6 Å². The van der Waals surface area contributed by atoms with Crippen molar-refractivity contribution in [1.82, 2.24) is 0 Å². The standard InChI is InChI=1S/C17H24ClN3/c1-2-13-5-4-9-17(10-8-13)12-20-16(19)21(17)15-7-3-6-14(18)11-15/h3,6-7,11,13H,2,4-5,8-10,12H2,1H3,(H2,19,20). The second-order valence-electron chi connectivity index (χ2n) is 6.42. The van der Waals surface area contributed by atoms with Gasteiger partial charge >= 0.3 is 0 Å². The summed E-state index contributed by atoms with van der Waals surface area (Å²) < 4.78 is 0. The van der Waals surface area contributed by atoms with Gasteiger partial charge in [-0.15, -0.1) is 0 Å². The predicted octanol–water partition coefficient (Wildman–Crippen LogP) is 4.20. The van der Waals surface area contributed by atoms with Crippen LogP contribution in [0.25, 0.3) is 0 Å². The van der Waals surface area contributed by atoms with Crippen LogP contribution in [0.1, 0.15) is 45.4 Å². The molecule has 1 spiro atoms. The van der Waals surface area contributed by atoms with Gasteiger partial charge in [-0.3, -0.25) is 4.99 Å². The van der Waals surface area contributed by atoms with Crippen LogP contribution < -0.4 is 10.6 Å². The van der Waals surface area contributed by atoms with Crippen molar-refractivity contribution >= 4 is 23.2 Å². The first kappa shape index (κ1) is 14.7. The normalized spacial score (nSPS) is 29.5. The number of rotatable bonds is 2. The third-order valence-corrected chi connectivity index (χ3v) is 5.39. The summed E-state index contributed by atoms with van der Waals surface area (Å²) in [5.74, 6) is 1.50. The number of benzene rings is 1. The van der Waals surface area contributed by atoms with E-state index in [-0.39, 0.29) is 5.54 Å². The van der Waals surface area contributed by atoms with Gasteiger partial charge in [0.1, 0.15) is 0 Å². The van der Waals surface area contributed by atoms with Gasteiger partial charge < -0.3 is 10.6 Å². The highest BCUT2D eigenvalue weighted by Gasteiger charge is 2.43. The molecule has 0 aromatic heterocycles. The summed E-state index contributed by atoms with van der Waals surface area (Å²) >= 11 is 6.17. The minimum absolute atomic E-state index is 0.0681. The summed E-state index contributed by atoms with van der Waals surface area (Å²) in [5, 5.41) is 0.752. The third kappa shape index (κ3) is 2.76. The number of guanidine groups is 1. The first-order valence-electron chi connectivity index (χ1n) is 8.00. The molecule has 2 unspecified atom stereocenters. The summed E-state index contributed by atoms with van der Waals surface area (Å²) in [6.07, 6.45) is 7.49. The minimum Gasteiger partial charge on any atom is -0.369 e. The zero-order valence-corrected chi connectivity index (χ0v) is 13.4. The molecule has 1 heterocycles. The molecule has 0 amide bonds. The molecule has 1 aliphatic heterocycles. The lowest BCUT2D eigenvalue weighted by Crippen LogP contribution is -2.51. The minimum atomic E-state index is 0.0681. The Bertz CT molecular complexity index is 543. The van der Waals surface area contributed by atoms with Crippen molar-refractivity contribution in [2.45, 2.75) is 51.0 Å². The fourth-order valence-corrected chi connectivity index (χ4v) is 4.07. The van der Waals surface area contributed by atoms with E-state index in [0.717, 1.165) is 23.2 Å². The maximum Gasteiger partial charge on any atom is 0.196 e. The molecule has 1 saturated carbocycles. The van der Waals surface area contributed by atoms with Gasteiger partial charge in [0.05, 0.1) is 12.1 Å². The second-order valence-corrected chi connectivity index (χ2v) is 6.86. The van der Waals surface area contributed by atoms with E-state index in [1.54, 1.807) is 0 Å². The summed E-state index contributed by atoms with van der Waals surface area (Å²) in [5.41, 5.74) is 7.37. The molecule has 114 valence electrons. The molecular formula is C17H24ClN3. The van der Waals surface area contributed by atoms with E-state index < -0.39 is 0 Å². The Labute approximate surface area is 132 Å². The number of nitrogens with zero attached hydrogens (tertiary/aromatic N) is 2. The zero-order chi connectivity index (χ0) is 14.9. The van der Waals surface area contributed by atoms with Gasteiger partial charge in [0.2, 0.25) is 0 Å². The van der Waals surface area contributed by atoms with Crippen LogP contribution in [0.5, 0.6) is 0 Å². The molecule has 0 saturated heterocycles. The first-order chi connectivity index (χ1) is 10.1. The van der Waals surface area contributed by atoms with Gasteiger partial charge in [-0.2, -0.15) is 0 Å². The van der Waals surface area contributed by atoms with E-state index in [4.69, 9.17) is 17.3 Å². The summed E-state index contributed by atoms with van der Waals surface area (Å²) in [6, 6.07) is 7.98. The van der Waals surface area contributed by atoms with Crippen LogP contribution in [-0.2, 0) is 0 Å². The Balaban J connectivity index is 1.91. The van der Waals surface area contributed by atoms with Crippen LogP contribution in [0.2, 0.25) is 5.02 Å². The summed E-state index contributed by atoms with van der Waals surface area (Å²) in [6.45, 7) is 3.12. The quantitative estimate of drug-likeness (QED) is 0.889. The van der Waals surface area contributed by atoms with E-state index in [1.807, 2.05) is 18.2 Å². The molecule has 1 aliphatic carbocycles. The van der Waals surface area contributed by atoms with E-state index in [9.17, 15) is 0 Å². The topological polar surface area (TPSA) is 41.6 Å². The molecule has 1 fully saturated rings. The van der Waals surface area contributed by atoms with Crippen molar-refractivity contribution in [3.8, 4) is 0 Å². The largest absolute Gasteiger partial charge is 0.369 e. The van der Waals surface area contributed by atoms with Crippen LogP contribution in [0.3, 0.4) is 0 Å². The van der Waals surface area contributed by atoms with Gasteiger partial charge in [-0.25, -0.2) is 0 Å². The highest BCUT2D eigenvalue weighted by molar-refractivity contribution is 6.31. The fourth-order valence-electron chi connectivity index (χ4n) is 3.89. The lowest BCUT2D eigenvalue weighted by Gasteiger charge is -2.39. The number of anilines is 1. The molecule has 0 radical (unpaired) electrons. The number of aliphatic imine (C=N–C) groups is 1. The van der Waals surface area contributed by atoms with Gasteiger partial charge in [0.25, 0.3) is 0 Å². The molecule has 0 bridgehead atoms. The van der Waals surface area contributed by atoms with Gasteiger partial charge in [-0.05, 0) is 43.4 Å². The Morgan fingerprint density at radius 3 is 3.00 bits per heavy atom. The number of nitrogens with two attached hydrogens (primary N) is 1. The molecule has 4 heteroatoms. The Hall–Kier alpha value is -1.22. The molecule has 2 N–H and O–H groups in total. The Morgan fingerprint density at radius 1 is 1.38 bits per heavy atom. The molecule has 2 aliphatic rings. The van der Waals surface area contributed by atoms with Gasteiger partial charge in [0.15, 0.2) is 5.96 Å². The average molecular weight is 306 g/mol. The first-order valence-corrected chi connectivity index (χ1v) is 8.38. The number of hydrogen-bond acceptors (Lipinski definition) is 3. The van der Waals surface area contributed by atoms with Crippen molar-refractivity contribution in [3.63, 3.8) is 0 Å². The number of hydrogen-bond donors (Lipinski definition) is 1. The van der Waals surface area contributed by atoms with Gasteiger partial charge in [0, 0.05) is 10.7 Å². The molecular weight excluding hydrogens is 282 g/mol. The van der Waals surface area contributed by atoms with Crippen LogP contribution in [-0.4, -0.2) is 18.0 Å². The van der Waals surface area contributed by atoms with E-state index in [2.05, 4.69) is 22.9 Å². The lowest BCUT2D eigenvalue weighted by atomic mass is 9.88. The van der Waals surface area contributed by atoms with Crippen molar-refractivity contribution in [3.05, 3.63) is 29.3 Å². The SMILES string of the molecule is CCC1CCCC2(CC1)CN=C(N)N2c1cccc(Cl)c1. The molecule has 3 rings (SSSR count). The second kappa shape index (κ2) is 5.88. The van der Waals surface area contributed by atoms with Crippen LogP contribution in [0.15, 0.2) is 29.3 Å². The van der Waals surface area contributed by atoms with Crippen molar-refractivity contribution in [1.29, 1.82) is 0 Å². The highest BCUT2D eigenvalue weighted by atomic mass is 35.5. The molecule has 1 aromatic rings. The van der Waals surface area contributed by atoms with Gasteiger partial charge in [-0.1, -0.05) is 43.9 Å². The Morgan fingerprint density at radius 2 is 2.24 bits per heavy atom. The summed E-state index contributed by atoms with van der Waals surface area (Å²) in [7, 11) is 0. The van der Waals surface area contributed by atoms with Crippen LogP contribution in [0.4, 0.5) is 5.69 Å². The predicted molar refractivity (Wildman–Crippen MR) is 90.0 cm³/mol. The zero-order valence-electron chi connectivity index (χ0n) is 12.7. The Kier molecular flexibility index (Phi) is 4.12. The van der Waals surface area contributed by atoms with Crippen molar-refractivity contribution < 1.29 is 0 Å². The molecule has 2 atom stereocenters. The van der Waals surface area contributed by atoms with Crippen LogP contribution >= 0.6 is 11.6 Å². The van der Waals surface area contributed by atoms with Crippen molar-refractivity contribution in [2.75, 3.05) is 11.4 Å². The van der Waals surface area contributed by atoms with E-state index in [1.165, 1.54) is 38.5 Å². The maximum absolute atomic E-state index is 6.22. The number of halogens is 1. The smallest absolute Gasteiger partial charge is 0.196 e.